The van der Waals surface area contributed by atoms with Gasteiger partial charge in [0.25, 0.3) is 6.43 Å². The van der Waals surface area contributed by atoms with Gasteiger partial charge in [0, 0.05) is 0 Å². The Kier molecular flexibility index (Phi) is 4.12. The first kappa shape index (κ1) is 12.8. The molecule has 0 unspecified atom stereocenters. The van der Waals surface area contributed by atoms with Gasteiger partial charge < -0.3 is 4.74 Å². The van der Waals surface area contributed by atoms with Gasteiger partial charge in [0.15, 0.2) is 5.82 Å². The van der Waals surface area contributed by atoms with Crippen LogP contribution in [0.25, 0.3) is 0 Å². The van der Waals surface area contributed by atoms with Crippen LogP contribution in [0.1, 0.15) is 28.2 Å². The molecule has 0 atom stereocenters. The summed E-state index contributed by atoms with van der Waals surface area (Å²) in [7, 11) is 1.02. The van der Waals surface area contributed by atoms with E-state index in [9.17, 15) is 18.0 Å². The summed E-state index contributed by atoms with van der Waals surface area (Å²) in [5, 5.41) is 0. The maximum atomic E-state index is 13.4. The number of methoxy groups -OCH3 is 1. The van der Waals surface area contributed by atoms with Gasteiger partial charge in [-0.3, -0.25) is 0 Å². The molecule has 0 radical (unpaired) electrons. The van der Waals surface area contributed by atoms with Gasteiger partial charge in [-0.1, -0.05) is 0 Å². The van der Waals surface area contributed by atoms with Crippen molar-refractivity contribution >= 4 is 17.6 Å². The average Bonchev–Trinajstić information content (AvgIpc) is 2.28. The monoisotopic (exact) mass is 253 g/mol. The maximum Gasteiger partial charge on any atom is 0.340 e. The van der Waals surface area contributed by atoms with E-state index in [0.29, 0.717) is 0 Å². The van der Waals surface area contributed by atoms with Crippen molar-refractivity contribution in [2.45, 2.75) is 12.3 Å². The Morgan fingerprint density at radius 3 is 2.69 bits per heavy atom. The third kappa shape index (κ3) is 2.44. The fourth-order valence-corrected chi connectivity index (χ4v) is 1.21. The lowest BCUT2D eigenvalue weighted by molar-refractivity contribution is 0.0593. The lowest BCUT2D eigenvalue weighted by Crippen LogP contribution is -2.10. The number of halogens is 4. The number of hydrogen-bond acceptors (Lipinski definition) is 3. The van der Waals surface area contributed by atoms with Gasteiger partial charge in [0.05, 0.1) is 24.2 Å². The Morgan fingerprint density at radius 2 is 2.25 bits per heavy atom. The fourth-order valence-electron chi connectivity index (χ4n) is 1.08. The Morgan fingerprint density at radius 1 is 1.62 bits per heavy atom. The number of rotatable bonds is 3. The predicted octanol–water partition coefficient (Wildman–Crippen LogP) is 2.68. The summed E-state index contributed by atoms with van der Waals surface area (Å²) in [6, 6.07) is 0.986. The molecule has 1 aromatic heterocycles. The summed E-state index contributed by atoms with van der Waals surface area (Å²) in [6.45, 7) is 0. The Bertz CT molecular complexity index is 412. The van der Waals surface area contributed by atoms with Gasteiger partial charge in [0.2, 0.25) is 0 Å². The van der Waals surface area contributed by atoms with Crippen molar-refractivity contribution in [3.05, 3.63) is 28.8 Å². The molecule has 0 amide bonds. The second-order valence-electron chi connectivity index (χ2n) is 2.79. The van der Waals surface area contributed by atoms with Crippen molar-refractivity contribution in [1.29, 1.82) is 0 Å². The number of carbonyl (C=O) groups excluding carboxylic acids is 1. The van der Waals surface area contributed by atoms with Crippen LogP contribution >= 0.6 is 11.6 Å². The highest BCUT2D eigenvalue weighted by Gasteiger charge is 2.23. The van der Waals surface area contributed by atoms with Crippen molar-refractivity contribution in [3.8, 4) is 0 Å². The third-order valence-corrected chi connectivity index (χ3v) is 2.06. The van der Waals surface area contributed by atoms with Crippen LogP contribution in [0.15, 0.2) is 6.07 Å². The molecule has 0 saturated heterocycles. The summed E-state index contributed by atoms with van der Waals surface area (Å²) in [5.41, 5.74) is -1.71. The topological polar surface area (TPSA) is 39.2 Å². The highest BCUT2D eigenvalue weighted by Crippen LogP contribution is 2.24. The van der Waals surface area contributed by atoms with Crippen molar-refractivity contribution in [2.24, 2.45) is 0 Å². The van der Waals surface area contributed by atoms with Crippen molar-refractivity contribution in [3.63, 3.8) is 0 Å². The number of hydrogen-bond donors (Lipinski definition) is 0. The summed E-state index contributed by atoms with van der Waals surface area (Å²) >= 11 is 5.39. The van der Waals surface area contributed by atoms with E-state index in [1.165, 1.54) is 0 Å². The summed E-state index contributed by atoms with van der Waals surface area (Å²) < 4.78 is 42.4. The standard InChI is InChI=1S/C9H7ClF3NO2/c1-16-9(15)5-2-4(3-10)14-7(6(5)11)8(12)13/h2,8H,3H2,1H3. The molecule has 0 aromatic carbocycles. The molecular formula is C9H7ClF3NO2. The van der Waals surface area contributed by atoms with Gasteiger partial charge in [-0.05, 0) is 6.07 Å². The van der Waals surface area contributed by atoms with E-state index in [0.717, 1.165) is 13.2 Å². The zero-order valence-electron chi connectivity index (χ0n) is 8.14. The maximum absolute atomic E-state index is 13.4. The molecule has 0 N–H and O–H groups in total. The average molecular weight is 254 g/mol. The van der Waals surface area contributed by atoms with Crippen LogP contribution in [-0.4, -0.2) is 18.1 Å². The number of carbonyl (C=O) groups is 1. The van der Waals surface area contributed by atoms with Crippen molar-refractivity contribution in [1.82, 2.24) is 4.98 Å². The SMILES string of the molecule is COC(=O)c1cc(CCl)nc(C(F)F)c1F. The van der Waals surface area contributed by atoms with Crippen LogP contribution in [-0.2, 0) is 10.6 Å². The van der Waals surface area contributed by atoms with Crippen LogP contribution in [0, 0.1) is 5.82 Å². The fraction of sp³-hybridized carbons (Fsp3) is 0.333. The first-order chi connectivity index (χ1) is 7.51. The first-order valence-electron chi connectivity index (χ1n) is 4.13. The van der Waals surface area contributed by atoms with Gasteiger partial charge in [-0.25, -0.2) is 22.9 Å². The number of pyridine rings is 1. The molecule has 0 bridgehead atoms. The molecule has 0 fully saturated rings. The summed E-state index contributed by atoms with van der Waals surface area (Å²) in [4.78, 5) is 14.4. The minimum atomic E-state index is -3.12. The molecule has 0 saturated carbocycles. The molecule has 16 heavy (non-hydrogen) atoms. The van der Waals surface area contributed by atoms with E-state index in [1.54, 1.807) is 0 Å². The molecule has 0 aliphatic carbocycles. The van der Waals surface area contributed by atoms with Gasteiger partial charge in [0.1, 0.15) is 5.69 Å². The van der Waals surface area contributed by atoms with Crippen LogP contribution < -0.4 is 0 Å². The molecule has 1 heterocycles. The largest absolute Gasteiger partial charge is 0.465 e. The second-order valence-corrected chi connectivity index (χ2v) is 3.05. The number of ether oxygens (including phenoxy) is 1. The van der Waals surface area contributed by atoms with E-state index in [-0.39, 0.29) is 11.6 Å². The van der Waals surface area contributed by atoms with Crippen LogP contribution in [0.3, 0.4) is 0 Å². The second kappa shape index (κ2) is 5.16. The minimum absolute atomic E-state index is 0.0150. The minimum Gasteiger partial charge on any atom is -0.465 e. The van der Waals surface area contributed by atoms with Gasteiger partial charge in [-0.15, -0.1) is 11.6 Å². The van der Waals surface area contributed by atoms with Crippen molar-refractivity contribution in [2.75, 3.05) is 7.11 Å². The Hall–Kier alpha value is -1.30. The number of nitrogens with zero attached hydrogens (tertiary/aromatic N) is 1. The van der Waals surface area contributed by atoms with Crippen LogP contribution in [0.4, 0.5) is 13.2 Å². The normalized spacial score (nSPS) is 10.6. The van der Waals surface area contributed by atoms with E-state index in [4.69, 9.17) is 11.6 Å². The van der Waals surface area contributed by atoms with E-state index >= 15 is 0 Å². The molecule has 0 aliphatic rings. The van der Waals surface area contributed by atoms with E-state index in [2.05, 4.69) is 9.72 Å². The summed E-state index contributed by atoms with van der Waals surface area (Å²) in [5.74, 6) is -2.63. The molecule has 1 aromatic rings. The number of alkyl halides is 3. The van der Waals surface area contributed by atoms with E-state index < -0.39 is 29.5 Å². The highest BCUT2D eigenvalue weighted by atomic mass is 35.5. The molecule has 3 nitrogen and oxygen atoms in total. The molecule has 0 aliphatic heterocycles. The van der Waals surface area contributed by atoms with Gasteiger partial charge >= 0.3 is 5.97 Å². The smallest absolute Gasteiger partial charge is 0.340 e. The van der Waals surface area contributed by atoms with Crippen molar-refractivity contribution < 1.29 is 22.7 Å². The molecular weight excluding hydrogens is 247 g/mol. The highest BCUT2D eigenvalue weighted by molar-refractivity contribution is 6.16. The summed E-state index contributed by atoms with van der Waals surface area (Å²) in [6.07, 6.45) is -3.12. The zero-order valence-corrected chi connectivity index (χ0v) is 8.89. The zero-order chi connectivity index (χ0) is 12.3. The first-order valence-corrected chi connectivity index (χ1v) is 4.66. The molecule has 0 spiro atoms. The quantitative estimate of drug-likeness (QED) is 0.614. The lowest BCUT2D eigenvalue weighted by Gasteiger charge is -2.07. The predicted molar refractivity (Wildman–Crippen MR) is 50.0 cm³/mol. The van der Waals surface area contributed by atoms with Gasteiger partial charge in [-0.2, -0.15) is 0 Å². The molecule has 88 valence electrons. The number of aromatic nitrogens is 1. The van der Waals surface area contributed by atoms with Crippen LogP contribution in [0.5, 0.6) is 0 Å². The van der Waals surface area contributed by atoms with E-state index in [1.807, 2.05) is 0 Å². The Labute approximate surface area is 94.2 Å². The molecule has 1 rings (SSSR count). The number of esters is 1. The molecule has 7 heteroatoms. The third-order valence-electron chi connectivity index (χ3n) is 1.79. The van der Waals surface area contributed by atoms with Crippen LogP contribution in [0.2, 0.25) is 0 Å². The lowest BCUT2D eigenvalue weighted by atomic mass is 10.2. The Balaban J connectivity index is 3.37.